The molecule has 0 saturated carbocycles. The molecule has 2 aromatic carbocycles. The lowest BCUT2D eigenvalue weighted by Crippen LogP contribution is -2.51. The van der Waals surface area contributed by atoms with Gasteiger partial charge in [0.2, 0.25) is 0 Å². The van der Waals surface area contributed by atoms with E-state index in [1.807, 2.05) is 13.0 Å². The van der Waals surface area contributed by atoms with E-state index in [0.717, 1.165) is 30.5 Å². The van der Waals surface area contributed by atoms with E-state index in [1.54, 1.807) is 24.3 Å². The second-order valence-corrected chi connectivity index (χ2v) is 6.58. The van der Waals surface area contributed by atoms with Crippen LogP contribution in [-0.2, 0) is 12.8 Å². The molecule has 0 aromatic heterocycles. The summed E-state index contributed by atoms with van der Waals surface area (Å²) in [6.07, 6.45) is 1.52. The van der Waals surface area contributed by atoms with E-state index in [1.165, 1.54) is 18.2 Å². The average Bonchev–Trinajstić information content (AvgIpc) is 2.49. The molecule has 5 heteroatoms. The van der Waals surface area contributed by atoms with Crippen molar-refractivity contribution in [1.29, 1.82) is 0 Å². The van der Waals surface area contributed by atoms with Gasteiger partial charge >= 0.3 is 0 Å². The predicted octanol–water partition coefficient (Wildman–Crippen LogP) is 3.53. The zero-order chi connectivity index (χ0) is 16.7. The highest BCUT2D eigenvalue weighted by molar-refractivity contribution is 7.81. The van der Waals surface area contributed by atoms with Gasteiger partial charge in [-0.1, -0.05) is 24.3 Å². The van der Waals surface area contributed by atoms with Crippen molar-refractivity contribution < 1.29 is 8.78 Å². The monoisotopic (exact) mass is 336 g/mol. The average molecular weight is 336 g/mol. The van der Waals surface area contributed by atoms with Crippen molar-refractivity contribution in [1.82, 2.24) is 10.6 Å². The molecule has 0 aliphatic carbocycles. The third-order valence-electron chi connectivity index (χ3n) is 3.57. The summed E-state index contributed by atoms with van der Waals surface area (Å²) in [4.78, 5) is -0.520. The van der Waals surface area contributed by atoms with Gasteiger partial charge in [0.15, 0.2) is 0 Å². The second kappa shape index (κ2) is 8.43. The third kappa shape index (κ3) is 6.69. The Labute approximate surface area is 141 Å². The number of benzene rings is 2. The summed E-state index contributed by atoms with van der Waals surface area (Å²) < 4.78 is 26.0. The molecule has 0 spiro atoms. The molecule has 0 aliphatic heterocycles. The molecule has 2 rings (SSSR count). The van der Waals surface area contributed by atoms with Gasteiger partial charge in [0, 0.05) is 13.1 Å². The molecular formula is C18H22F2N2S. The van der Waals surface area contributed by atoms with Crippen molar-refractivity contribution in [3.8, 4) is 0 Å². The number of nitrogens with one attached hydrogen (secondary N) is 2. The van der Waals surface area contributed by atoms with Crippen LogP contribution in [0.5, 0.6) is 0 Å². The highest BCUT2D eigenvalue weighted by Gasteiger charge is 2.16. The van der Waals surface area contributed by atoms with Crippen LogP contribution in [0.4, 0.5) is 8.78 Å². The van der Waals surface area contributed by atoms with Crippen LogP contribution in [0.15, 0.2) is 48.5 Å². The molecule has 0 radical (unpaired) electrons. The van der Waals surface area contributed by atoms with E-state index in [-0.39, 0.29) is 11.6 Å². The Morgan fingerprint density at radius 2 is 1.48 bits per heavy atom. The molecule has 0 bridgehead atoms. The smallest absolute Gasteiger partial charge is 0.123 e. The first-order valence-electron chi connectivity index (χ1n) is 7.66. The van der Waals surface area contributed by atoms with E-state index >= 15 is 0 Å². The molecule has 1 unspecified atom stereocenters. The van der Waals surface area contributed by atoms with Crippen LogP contribution in [0, 0.1) is 11.6 Å². The largest absolute Gasteiger partial charge is 0.291 e. The number of rotatable bonds is 8. The number of halogens is 2. The topological polar surface area (TPSA) is 24.1 Å². The van der Waals surface area contributed by atoms with Crippen LogP contribution in [0.3, 0.4) is 0 Å². The molecule has 0 amide bonds. The lowest BCUT2D eigenvalue weighted by molar-refractivity contribution is 0.419. The molecule has 0 aliphatic rings. The van der Waals surface area contributed by atoms with E-state index in [9.17, 15) is 8.78 Å². The van der Waals surface area contributed by atoms with Gasteiger partial charge in [0.1, 0.15) is 16.6 Å². The molecular weight excluding hydrogens is 314 g/mol. The Kier molecular flexibility index (Phi) is 6.57. The molecule has 124 valence electrons. The molecule has 1 atom stereocenters. The van der Waals surface area contributed by atoms with Crippen molar-refractivity contribution in [2.75, 3.05) is 13.1 Å². The minimum Gasteiger partial charge on any atom is -0.291 e. The predicted molar refractivity (Wildman–Crippen MR) is 93.6 cm³/mol. The first-order chi connectivity index (χ1) is 10.9. The van der Waals surface area contributed by atoms with Gasteiger partial charge in [-0.15, -0.1) is 12.6 Å². The maximum absolute atomic E-state index is 13.1. The Morgan fingerprint density at radius 3 is 2.09 bits per heavy atom. The SMILES string of the molecule is CC(S)(NCCc1ccc(F)cc1)NCCc1cccc(F)c1. The number of hydrogen-bond donors (Lipinski definition) is 3. The van der Waals surface area contributed by atoms with Gasteiger partial charge in [-0.2, -0.15) is 0 Å². The van der Waals surface area contributed by atoms with Crippen LogP contribution < -0.4 is 10.6 Å². The first-order valence-corrected chi connectivity index (χ1v) is 8.11. The van der Waals surface area contributed by atoms with E-state index in [0.29, 0.717) is 6.54 Å². The van der Waals surface area contributed by atoms with Crippen LogP contribution >= 0.6 is 12.6 Å². The maximum Gasteiger partial charge on any atom is 0.123 e. The first kappa shape index (κ1) is 17.9. The van der Waals surface area contributed by atoms with Crippen molar-refractivity contribution >= 4 is 12.6 Å². The van der Waals surface area contributed by atoms with Crippen molar-refractivity contribution in [3.05, 3.63) is 71.3 Å². The minimum absolute atomic E-state index is 0.214. The van der Waals surface area contributed by atoms with Gasteiger partial charge < -0.3 is 0 Å². The fraction of sp³-hybridized carbons (Fsp3) is 0.333. The molecule has 0 heterocycles. The normalized spacial score (nSPS) is 13.7. The van der Waals surface area contributed by atoms with Crippen LogP contribution in [0.1, 0.15) is 18.1 Å². The summed E-state index contributed by atoms with van der Waals surface area (Å²) in [5.41, 5.74) is 2.02. The number of thiol groups is 1. The van der Waals surface area contributed by atoms with E-state index in [2.05, 4.69) is 23.3 Å². The molecule has 0 saturated heterocycles. The lowest BCUT2D eigenvalue weighted by Gasteiger charge is -2.27. The quantitative estimate of drug-likeness (QED) is 0.507. The highest BCUT2D eigenvalue weighted by atomic mass is 32.1. The zero-order valence-corrected chi connectivity index (χ0v) is 14.0. The van der Waals surface area contributed by atoms with Crippen molar-refractivity contribution in [2.24, 2.45) is 0 Å². The molecule has 23 heavy (non-hydrogen) atoms. The third-order valence-corrected chi connectivity index (χ3v) is 3.88. The summed E-state index contributed by atoms with van der Waals surface area (Å²) in [5, 5.41) is 6.60. The highest BCUT2D eigenvalue weighted by Crippen LogP contribution is 2.08. The maximum atomic E-state index is 13.1. The van der Waals surface area contributed by atoms with Crippen molar-refractivity contribution in [3.63, 3.8) is 0 Å². The van der Waals surface area contributed by atoms with Crippen LogP contribution in [-0.4, -0.2) is 18.1 Å². The fourth-order valence-electron chi connectivity index (χ4n) is 2.31. The van der Waals surface area contributed by atoms with Gasteiger partial charge in [0.25, 0.3) is 0 Å². The Balaban J connectivity index is 1.70. The molecule has 2 nitrogen and oxygen atoms in total. The second-order valence-electron chi connectivity index (χ2n) is 5.68. The van der Waals surface area contributed by atoms with Crippen molar-refractivity contribution in [2.45, 2.75) is 24.8 Å². The fourth-order valence-corrected chi connectivity index (χ4v) is 2.53. The molecule has 2 N–H and O–H groups in total. The summed E-state index contributed by atoms with van der Waals surface area (Å²) in [5.74, 6) is -0.437. The summed E-state index contributed by atoms with van der Waals surface area (Å²) >= 11 is 4.56. The molecule has 2 aromatic rings. The van der Waals surface area contributed by atoms with E-state index in [4.69, 9.17) is 0 Å². The Hall–Kier alpha value is -1.43. The van der Waals surface area contributed by atoms with Gasteiger partial charge in [-0.3, -0.25) is 10.6 Å². The Bertz CT molecular complexity index is 615. The minimum atomic E-state index is -0.520. The van der Waals surface area contributed by atoms with Gasteiger partial charge in [-0.25, -0.2) is 8.78 Å². The molecule has 0 fully saturated rings. The van der Waals surface area contributed by atoms with Crippen LogP contribution in [0.2, 0.25) is 0 Å². The summed E-state index contributed by atoms with van der Waals surface area (Å²) in [6, 6.07) is 13.1. The lowest BCUT2D eigenvalue weighted by atomic mass is 10.1. The van der Waals surface area contributed by atoms with E-state index < -0.39 is 4.99 Å². The van der Waals surface area contributed by atoms with Gasteiger partial charge in [0.05, 0.1) is 0 Å². The Morgan fingerprint density at radius 1 is 0.870 bits per heavy atom. The summed E-state index contributed by atoms with van der Waals surface area (Å²) in [6.45, 7) is 3.35. The van der Waals surface area contributed by atoms with Gasteiger partial charge in [-0.05, 0) is 55.2 Å². The standard InChI is InChI=1S/C18H22F2N2S/c1-18(23,21-11-9-14-5-7-16(19)8-6-14)22-12-10-15-3-2-4-17(20)13-15/h2-8,13,21-23H,9-12H2,1H3. The summed E-state index contributed by atoms with van der Waals surface area (Å²) in [7, 11) is 0. The zero-order valence-electron chi connectivity index (χ0n) is 13.2. The number of hydrogen-bond acceptors (Lipinski definition) is 3. The van der Waals surface area contributed by atoms with Crippen LogP contribution in [0.25, 0.3) is 0 Å².